The van der Waals surface area contributed by atoms with E-state index in [1.165, 1.54) is 0 Å². The third-order valence-corrected chi connectivity index (χ3v) is 2.82. The SMILES string of the molecule is CCC(OC)C(=O)c1cnc2ccccc2c1. The Balaban J connectivity index is 2.39. The maximum Gasteiger partial charge on any atom is 0.193 e. The Labute approximate surface area is 100 Å². The maximum atomic E-state index is 12.1. The molecule has 0 saturated carbocycles. The van der Waals surface area contributed by atoms with Crippen LogP contribution in [-0.2, 0) is 4.74 Å². The van der Waals surface area contributed by atoms with Crippen molar-refractivity contribution in [2.75, 3.05) is 7.11 Å². The largest absolute Gasteiger partial charge is 0.373 e. The van der Waals surface area contributed by atoms with Crippen molar-refractivity contribution in [2.45, 2.75) is 19.4 Å². The molecule has 0 radical (unpaired) electrons. The predicted octanol–water partition coefficient (Wildman–Crippen LogP) is 2.84. The first-order valence-corrected chi connectivity index (χ1v) is 5.68. The fourth-order valence-corrected chi connectivity index (χ4v) is 1.85. The number of methoxy groups -OCH3 is 1. The molecule has 0 N–H and O–H groups in total. The number of hydrogen-bond acceptors (Lipinski definition) is 3. The molecule has 88 valence electrons. The van der Waals surface area contributed by atoms with Crippen LogP contribution in [0.3, 0.4) is 0 Å². The minimum atomic E-state index is -0.377. The molecule has 3 heteroatoms. The van der Waals surface area contributed by atoms with Crippen LogP contribution in [0.2, 0.25) is 0 Å². The summed E-state index contributed by atoms with van der Waals surface area (Å²) in [7, 11) is 1.56. The number of aromatic nitrogens is 1. The highest BCUT2D eigenvalue weighted by molar-refractivity contribution is 6.01. The fourth-order valence-electron chi connectivity index (χ4n) is 1.85. The minimum Gasteiger partial charge on any atom is -0.373 e. The minimum absolute atomic E-state index is 0.00625. The number of fused-ring (bicyclic) bond motifs is 1. The number of pyridine rings is 1. The summed E-state index contributed by atoms with van der Waals surface area (Å²) in [5.74, 6) is -0.00625. The second kappa shape index (κ2) is 5.06. The molecule has 1 aromatic carbocycles. The Kier molecular flexibility index (Phi) is 3.49. The zero-order valence-electron chi connectivity index (χ0n) is 10.0. The average Bonchev–Trinajstić information content (AvgIpc) is 2.39. The standard InChI is InChI=1S/C14H15NO2/c1-3-13(17-2)14(16)11-8-10-6-4-5-7-12(10)15-9-11/h4-9,13H,3H2,1-2H3. The Bertz CT molecular complexity index is 532. The predicted molar refractivity (Wildman–Crippen MR) is 67.2 cm³/mol. The van der Waals surface area contributed by atoms with E-state index in [-0.39, 0.29) is 11.9 Å². The van der Waals surface area contributed by atoms with Crippen molar-refractivity contribution in [3.05, 3.63) is 42.1 Å². The van der Waals surface area contributed by atoms with Crippen LogP contribution in [0.4, 0.5) is 0 Å². The molecular weight excluding hydrogens is 214 g/mol. The monoisotopic (exact) mass is 229 g/mol. The van der Waals surface area contributed by atoms with Crippen LogP contribution in [0, 0.1) is 0 Å². The zero-order valence-corrected chi connectivity index (χ0v) is 10.0. The van der Waals surface area contributed by atoms with Gasteiger partial charge in [0.15, 0.2) is 5.78 Å². The Morgan fingerprint density at radius 2 is 2.18 bits per heavy atom. The molecule has 2 aromatic rings. The number of carbonyl (C=O) groups excluding carboxylic acids is 1. The van der Waals surface area contributed by atoms with Crippen LogP contribution < -0.4 is 0 Å². The number of nitrogens with zero attached hydrogens (tertiary/aromatic N) is 1. The summed E-state index contributed by atoms with van der Waals surface area (Å²) in [5, 5.41) is 0.976. The van der Waals surface area contributed by atoms with Crippen LogP contribution in [0.25, 0.3) is 10.9 Å². The molecular formula is C14H15NO2. The number of carbonyl (C=O) groups is 1. The van der Waals surface area contributed by atoms with Gasteiger partial charge in [0.05, 0.1) is 5.52 Å². The van der Waals surface area contributed by atoms with Gasteiger partial charge < -0.3 is 4.74 Å². The van der Waals surface area contributed by atoms with Crippen molar-refractivity contribution in [3.63, 3.8) is 0 Å². The topological polar surface area (TPSA) is 39.2 Å². The molecule has 0 saturated heterocycles. The summed E-state index contributed by atoms with van der Waals surface area (Å²) >= 11 is 0. The van der Waals surface area contributed by atoms with E-state index in [9.17, 15) is 4.79 Å². The van der Waals surface area contributed by atoms with Gasteiger partial charge in [0.2, 0.25) is 0 Å². The first kappa shape index (κ1) is 11.7. The smallest absolute Gasteiger partial charge is 0.193 e. The van der Waals surface area contributed by atoms with Gasteiger partial charge in [-0.3, -0.25) is 9.78 Å². The fraction of sp³-hybridized carbons (Fsp3) is 0.286. The first-order chi connectivity index (χ1) is 8.26. The van der Waals surface area contributed by atoms with E-state index in [1.807, 2.05) is 37.3 Å². The van der Waals surface area contributed by atoms with Gasteiger partial charge in [0.25, 0.3) is 0 Å². The summed E-state index contributed by atoms with van der Waals surface area (Å²) in [6, 6.07) is 9.61. The van der Waals surface area contributed by atoms with Gasteiger partial charge in [0, 0.05) is 24.3 Å². The van der Waals surface area contributed by atoms with Gasteiger partial charge in [-0.25, -0.2) is 0 Å². The van der Waals surface area contributed by atoms with Gasteiger partial charge in [-0.15, -0.1) is 0 Å². The Hall–Kier alpha value is -1.74. The normalized spacial score (nSPS) is 12.6. The van der Waals surface area contributed by atoms with Gasteiger partial charge in [-0.05, 0) is 18.6 Å². The zero-order chi connectivity index (χ0) is 12.3. The molecule has 3 nitrogen and oxygen atoms in total. The lowest BCUT2D eigenvalue weighted by atomic mass is 10.0. The molecule has 1 atom stereocenters. The van der Waals surface area contributed by atoms with Crippen molar-refractivity contribution >= 4 is 16.7 Å². The molecule has 0 bridgehead atoms. The molecule has 0 spiro atoms. The number of benzene rings is 1. The second-order valence-corrected chi connectivity index (χ2v) is 3.91. The quantitative estimate of drug-likeness (QED) is 0.757. The van der Waals surface area contributed by atoms with Crippen LogP contribution in [0.5, 0.6) is 0 Å². The van der Waals surface area contributed by atoms with Gasteiger partial charge in [-0.2, -0.15) is 0 Å². The Morgan fingerprint density at radius 3 is 2.88 bits per heavy atom. The van der Waals surface area contributed by atoms with Crippen LogP contribution in [-0.4, -0.2) is 24.0 Å². The highest BCUT2D eigenvalue weighted by Gasteiger charge is 2.17. The molecule has 1 unspecified atom stereocenters. The number of ether oxygens (including phenoxy) is 1. The Morgan fingerprint density at radius 1 is 1.41 bits per heavy atom. The van der Waals surface area contributed by atoms with Crippen molar-refractivity contribution in [2.24, 2.45) is 0 Å². The summed E-state index contributed by atoms with van der Waals surface area (Å²) in [6.45, 7) is 1.93. The number of para-hydroxylation sites is 1. The highest BCUT2D eigenvalue weighted by Crippen LogP contribution is 2.15. The molecule has 0 aliphatic rings. The summed E-state index contributed by atoms with van der Waals surface area (Å²) in [4.78, 5) is 16.4. The molecule has 1 aromatic heterocycles. The van der Waals surface area contributed by atoms with Crippen LogP contribution in [0.15, 0.2) is 36.5 Å². The molecule has 17 heavy (non-hydrogen) atoms. The van der Waals surface area contributed by atoms with Crippen molar-refractivity contribution in [1.82, 2.24) is 4.98 Å². The maximum absolute atomic E-state index is 12.1. The van der Waals surface area contributed by atoms with Gasteiger partial charge in [0.1, 0.15) is 6.10 Å². The van der Waals surface area contributed by atoms with Crippen molar-refractivity contribution in [1.29, 1.82) is 0 Å². The average molecular weight is 229 g/mol. The molecule has 2 rings (SSSR count). The summed E-state index contributed by atoms with van der Waals surface area (Å²) in [6.07, 6.45) is 1.91. The van der Waals surface area contributed by atoms with E-state index in [4.69, 9.17) is 4.74 Å². The van der Waals surface area contributed by atoms with E-state index in [2.05, 4.69) is 4.98 Å². The van der Waals surface area contributed by atoms with Crippen molar-refractivity contribution < 1.29 is 9.53 Å². The van der Waals surface area contributed by atoms with E-state index < -0.39 is 0 Å². The molecule has 0 amide bonds. The highest BCUT2D eigenvalue weighted by atomic mass is 16.5. The molecule has 0 aliphatic heterocycles. The summed E-state index contributed by atoms with van der Waals surface area (Å²) < 4.78 is 5.15. The van der Waals surface area contributed by atoms with E-state index in [0.29, 0.717) is 12.0 Å². The lowest BCUT2D eigenvalue weighted by molar-refractivity contribution is 0.0595. The second-order valence-electron chi connectivity index (χ2n) is 3.91. The number of hydrogen-bond donors (Lipinski definition) is 0. The number of ketones is 1. The van der Waals surface area contributed by atoms with Crippen LogP contribution in [0.1, 0.15) is 23.7 Å². The molecule has 0 fully saturated rings. The molecule has 0 aliphatic carbocycles. The first-order valence-electron chi connectivity index (χ1n) is 5.68. The van der Waals surface area contributed by atoms with Gasteiger partial charge >= 0.3 is 0 Å². The lowest BCUT2D eigenvalue weighted by Gasteiger charge is -2.11. The van der Waals surface area contributed by atoms with E-state index in [1.54, 1.807) is 13.3 Å². The number of rotatable bonds is 4. The molecule has 1 heterocycles. The third kappa shape index (κ3) is 2.34. The van der Waals surface area contributed by atoms with Crippen LogP contribution >= 0.6 is 0 Å². The third-order valence-electron chi connectivity index (χ3n) is 2.82. The van der Waals surface area contributed by atoms with Crippen molar-refractivity contribution in [3.8, 4) is 0 Å². The van der Waals surface area contributed by atoms with E-state index in [0.717, 1.165) is 10.9 Å². The van der Waals surface area contributed by atoms with Gasteiger partial charge in [-0.1, -0.05) is 25.1 Å². The number of Topliss-reactive ketones (excluding diaryl/α,β-unsaturated/α-hetero) is 1. The van der Waals surface area contributed by atoms with E-state index >= 15 is 0 Å². The summed E-state index contributed by atoms with van der Waals surface area (Å²) in [5.41, 5.74) is 1.51. The lowest BCUT2D eigenvalue weighted by Crippen LogP contribution is -2.22.